The molecule has 28 heavy (non-hydrogen) atoms. The highest BCUT2D eigenvalue weighted by Crippen LogP contribution is 2.57. The summed E-state index contributed by atoms with van der Waals surface area (Å²) in [5.41, 5.74) is -0.142. The van der Waals surface area contributed by atoms with Crippen LogP contribution in [-0.4, -0.2) is 53.2 Å². The Morgan fingerprint density at radius 2 is 1.57 bits per heavy atom. The van der Waals surface area contributed by atoms with E-state index < -0.39 is 11.7 Å². The third kappa shape index (κ3) is 3.95. The first-order valence-electron chi connectivity index (χ1n) is 10.0. The number of nitrogens with zero attached hydrogens (tertiary/aromatic N) is 2. The first-order valence-corrected chi connectivity index (χ1v) is 10.0. The van der Waals surface area contributed by atoms with Gasteiger partial charge in [-0.25, -0.2) is 0 Å². The smallest absolute Gasteiger partial charge is 0.340 e. The van der Waals surface area contributed by atoms with Crippen molar-refractivity contribution in [3.63, 3.8) is 0 Å². The van der Waals surface area contributed by atoms with Gasteiger partial charge in [-0.05, 0) is 43.7 Å². The molecule has 2 aliphatic carbocycles. The van der Waals surface area contributed by atoms with E-state index in [4.69, 9.17) is 0 Å². The van der Waals surface area contributed by atoms with Crippen LogP contribution in [-0.2, 0) is 11.0 Å². The Bertz CT molecular complexity index is 744. The van der Waals surface area contributed by atoms with Crippen LogP contribution in [0, 0.1) is 5.92 Å². The molecule has 4 nitrogen and oxygen atoms in total. The minimum absolute atomic E-state index is 0.0242. The number of hydrogen-bond acceptors (Lipinski definition) is 3. The lowest BCUT2D eigenvalue weighted by molar-refractivity contribution is -0.137. The van der Waals surface area contributed by atoms with Gasteiger partial charge in [0.05, 0.1) is 5.56 Å². The molecule has 0 atom stereocenters. The van der Waals surface area contributed by atoms with Crippen LogP contribution in [0.15, 0.2) is 24.3 Å². The maximum atomic E-state index is 12.6. The Morgan fingerprint density at radius 3 is 2.07 bits per heavy atom. The van der Waals surface area contributed by atoms with Gasteiger partial charge in [-0.15, -0.1) is 0 Å². The molecule has 7 heteroatoms. The summed E-state index contributed by atoms with van der Waals surface area (Å²) in [6.07, 6.45) is 0.958. The van der Waals surface area contributed by atoms with Gasteiger partial charge in [-0.2, -0.15) is 13.2 Å². The summed E-state index contributed by atoms with van der Waals surface area (Å²) >= 11 is 0. The number of alkyl halides is 3. The van der Waals surface area contributed by atoms with Crippen molar-refractivity contribution in [2.24, 2.45) is 5.92 Å². The lowest BCUT2D eigenvalue weighted by Crippen LogP contribution is -2.53. The van der Waals surface area contributed by atoms with E-state index >= 15 is 0 Å². The van der Waals surface area contributed by atoms with Crippen molar-refractivity contribution in [3.8, 4) is 0 Å². The third-order valence-electron chi connectivity index (χ3n) is 6.46. The molecular weight excluding hydrogens is 369 g/mol. The third-order valence-corrected chi connectivity index (χ3v) is 6.46. The van der Waals surface area contributed by atoms with Crippen molar-refractivity contribution in [2.45, 2.75) is 50.2 Å². The van der Waals surface area contributed by atoms with Crippen molar-refractivity contribution < 1.29 is 22.8 Å². The second-order valence-corrected chi connectivity index (χ2v) is 8.24. The normalized spacial score (nSPS) is 22.2. The number of carbonyl (C=O) groups is 2. The average Bonchev–Trinajstić information content (AvgIpc) is 3.57. The zero-order chi connectivity index (χ0) is 19.9. The fourth-order valence-corrected chi connectivity index (χ4v) is 4.50. The number of Topliss-reactive ketones (excluding diaryl/α,β-unsaturated/α-hetero) is 1. The Hall–Kier alpha value is -1.89. The molecule has 2 saturated carbocycles. The molecule has 3 fully saturated rings. The van der Waals surface area contributed by atoms with Crippen LogP contribution in [0.5, 0.6) is 0 Å². The van der Waals surface area contributed by atoms with Gasteiger partial charge in [0.2, 0.25) is 5.91 Å². The number of amides is 1. The quantitative estimate of drug-likeness (QED) is 0.690. The van der Waals surface area contributed by atoms with Gasteiger partial charge >= 0.3 is 6.18 Å². The van der Waals surface area contributed by atoms with E-state index in [-0.39, 0.29) is 30.1 Å². The molecule has 4 rings (SSSR count). The number of benzene rings is 1. The Morgan fingerprint density at radius 1 is 0.964 bits per heavy atom. The second-order valence-electron chi connectivity index (χ2n) is 8.24. The molecule has 0 unspecified atom stereocenters. The van der Waals surface area contributed by atoms with Gasteiger partial charge in [0.1, 0.15) is 0 Å². The van der Waals surface area contributed by atoms with Crippen molar-refractivity contribution >= 4 is 11.7 Å². The van der Waals surface area contributed by atoms with Gasteiger partial charge in [0, 0.05) is 50.1 Å². The fraction of sp³-hybridized carbons (Fsp3) is 0.619. The van der Waals surface area contributed by atoms with Gasteiger partial charge in [-0.1, -0.05) is 12.1 Å². The first-order chi connectivity index (χ1) is 13.3. The Balaban J connectivity index is 1.24. The molecule has 1 aromatic carbocycles. The van der Waals surface area contributed by atoms with Crippen LogP contribution in [0.2, 0.25) is 0 Å². The molecule has 1 aromatic rings. The van der Waals surface area contributed by atoms with E-state index in [0.29, 0.717) is 18.6 Å². The molecule has 0 N–H and O–H groups in total. The van der Waals surface area contributed by atoms with Crippen molar-refractivity contribution in [1.29, 1.82) is 0 Å². The highest BCUT2D eigenvalue weighted by atomic mass is 19.4. The maximum Gasteiger partial charge on any atom is 0.416 e. The summed E-state index contributed by atoms with van der Waals surface area (Å²) < 4.78 is 37.8. The van der Waals surface area contributed by atoms with E-state index in [9.17, 15) is 22.8 Å². The van der Waals surface area contributed by atoms with Crippen molar-refractivity contribution in [1.82, 2.24) is 9.80 Å². The van der Waals surface area contributed by atoms with Crippen molar-refractivity contribution in [3.05, 3.63) is 35.4 Å². The molecule has 1 aliphatic heterocycles. The van der Waals surface area contributed by atoms with Crippen LogP contribution in [0.25, 0.3) is 0 Å². The summed E-state index contributed by atoms with van der Waals surface area (Å²) in [7, 11) is 0. The average molecular weight is 394 g/mol. The molecule has 1 saturated heterocycles. The largest absolute Gasteiger partial charge is 0.416 e. The Labute approximate surface area is 162 Å². The lowest BCUT2D eigenvalue weighted by atomic mass is 10.0. The number of carbonyl (C=O) groups excluding carboxylic acids is 2. The number of hydrogen-bond donors (Lipinski definition) is 0. The second kappa shape index (κ2) is 7.17. The molecule has 0 spiro atoms. The molecule has 152 valence electrons. The summed E-state index contributed by atoms with van der Waals surface area (Å²) in [5.74, 6) is 0.513. The summed E-state index contributed by atoms with van der Waals surface area (Å²) in [4.78, 5) is 29.0. The molecule has 0 bridgehead atoms. The fourth-order valence-electron chi connectivity index (χ4n) is 4.50. The first kappa shape index (κ1) is 19.4. The van der Waals surface area contributed by atoms with Crippen LogP contribution >= 0.6 is 0 Å². The SMILES string of the molecule is O=C(CCC(=O)N1CCN(C2(C3CC3)CC2)CC1)c1ccc(C(F)(F)F)cc1. The van der Waals surface area contributed by atoms with Crippen LogP contribution < -0.4 is 0 Å². The van der Waals surface area contributed by atoms with E-state index in [1.54, 1.807) is 0 Å². The predicted molar refractivity (Wildman–Crippen MR) is 97.9 cm³/mol. The summed E-state index contributed by atoms with van der Waals surface area (Å²) in [6, 6.07) is 4.17. The van der Waals surface area contributed by atoms with E-state index in [1.807, 2.05) is 4.90 Å². The summed E-state index contributed by atoms with van der Waals surface area (Å²) in [5, 5.41) is 0. The number of rotatable bonds is 6. The van der Waals surface area contributed by atoms with Crippen LogP contribution in [0.4, 0.5) is 13.2 Å². The van der Waals surface area contributed by atoms with Gasteiger partial charge < -0.3 is 4.90 Å². The zero-order valence-corrected chi connectivity index (χ0v) is 15.8. The topological polar surface area (TPSA) is 40.6 Å². The van der Waals surface area contributed by atoms with E-state index in [0.717, 1.165) is 31.1 Å². The minimum Gasteiger partial charge on any atom is -0.340 e. The molecule has 1 amide bonds. The highest BCUT2D eigenvalue weighted by Gasteiger charge is 2.57. The minimum atomic E-state index is -4.42. The maximum absolute atomic E-state index is 12.6. The summed E-state index contributed by atoms with van der Waals surface area (Å²) in [6.45, 7) is 3.19. The van der Waals surface area contributed by atoms with E-state index in [2.05, 4.69) is 4.90 Å². The Kier molecular flexibility index (Phi) is 4.98. The molecule has 0 aromatic heterocycles. The van der Waals surface area contributed by atoms with Crippen molar-refractivity contribution in [2.75, 3.05) is 26.2 Å². The van der Waals surface area contributed by atoms with Crippen LogP contribution in [0.1, 0.15) is 54.4 Å². The van der Waals surface area contributed by atoms with Gasteiger partial charge in [0.15, 0.2) is 5.78 Å². The number of piperazine rings is 1. The molecule has 1 heterocycles. The highest BCUT2D eigenvalue weighted by molar-refractivity contribution is 5.98. The monoisotopic (exact) mass is 394 g/mol. The van der Waals surface area contributed by atoms with E-state index in [1.165, 1.54) is 37.8 Å². The molecule has 3 aliphatic rings. The molecular formula is C21H25F3N2O2. The number of ketones is 1. The molecule has 0 radical (unpaired) electrons. The van der Waals surface area contributed by atoms with Gasteiger partial charge in [-0.3, -0.25) is 14.5 Å². The zero-order valence-electron chi connectivity index (χ0n) is 15.8. The van der Waals surface area contributed by atoms with Gasteiger partial charge in [0.25, 0.3) is 0 Å². The standard InChI is InChI=1S/C21H25F3N2O2/c22-21(23,24)17-3-1-15(2-4-17)18(27)7-8-19(28)25-11-13-26(14-12-25)20(9-10-20)16-5-6-16/h1-4,16H,5-14H2. The predicted octanol–water partition coefficient (Wildman–Crippen LogP) is 3.76. The number of halogens is 3. The lowest BCUT2D eigenvalue weighted by Gasteiger charge is -2.40. The van der Waals surface area contributed by atoms with Crippen LogP contribution in [0.3, 0.4) is 0 Å².